The van der Waals surface area contributed by atoms with Gasteiger partial charge in [0.2, 0.25) is 0 Å². The van der Waals surface area contributed by atoms with Crippen LogP contribution >= 0.6 is 11.6 Å². The van der Waals surface area contributed by atoms with E-state index in [1.165, 1.54) is 24.7 Å². The highest BCUT2D eigenvalue weighted by molar-refractivity contribution is 6.31. The number of hydrogen-bond acceptors (Lipinski definition) is 5. The summed E-state index contributed by atoms with van der Waals surface area (Å²) in [6.07, 6.45) is 0. The van der Waals surface area contributed by atoms with Gasteiger partial charge in [0.05, 0.1) is 23.6 Å². The van der Waals surface area contributed by atoms with Crippen molar-refractivity contribution in [3.8, 4) is 0 Å². The number of benzene rings is 1. The van der Waals surface area contributed by atoms with Crippen molar-refractivity contribution in [1.82, 2.24) is 18.9 Å². The van der Waals surface area contributed by atoms with Gasteiger partial charge in [-0.3, -0.25) is 18.6 Å². The van der Waals surface area contributed by atoms with Crippen LogP contribution in [0.15, 0.2) is 39.9 Å². The van der Waals surface area contributed by atoms with Gasteiger partial charge in [-0.05, 0) is 25.5 Å². The van der Waals surface area contributed by atoms with Crippen LogP contribution in [0, 0.1) is 13.8 Å². The van der Waals surface area contributed by atoms with E-state index in [9.17, 15) is 14.4 Å². The van der Waals surface area contributed by atoms with Crippen molar-refractivity contribution >= 4 is 17.6 Å². The molecule has 8 nitrogen and oxygen atoms in total. The Morgan fingerprint density at radius 2 is 1.83 bits per heavy atom. The molecule has 1 aromatic carbocycles. The fourth-order valence-corrected chi connectivity index (χ4v) is 3.26. The van der Waals surface area contributed by atoms with Crippen molar-refractivity contribution in [2.24, 2.45) is 14.1 Å². The van der Waals surface area contributed by atoms with Gasteiger partial charge in [-0.25, -0.2) is 9.59 Å². The Kier molecular flexibility index (Phi) is 5.74. The van der Waals surface area contributed by atoms with Gasteiger partial charge >= 0.3 is 11.7 Å². The Balaban J connectivity index is 1.82. The third-order valence-corrected chi connectivity index (χ3v) is 5.21. The van der Waals surface area contributed by atoms with E-state index in [0.717, 1.165) is 10.1 Å². The molecule has 0 unspecified atom stereocenters. The summed E-state index contributed by atoms with van der Waals surface area (Å²) >= 11 is 6.22. The lowest BCUT2D eigenvalue weighted by Crippen LogP contribution is -2.38. The summed E-state index contributed by atoms with van der Waals surface area (Å²) in [5.41, 5.74) is 1.77. The second-order valence-corrected chi connectivity index (χ2v) is 7.15. The number of carbonyl (C=O) groups excluding carboxylic acids is 1. The summed E-state index contributed by atoms with van der Waals surface area (Å²) < 4.78 is 9.32. The summed E-state index contributed by atoms with van der Waals surface area (Å²) in [4.78, 5) is 36.5. The summed E-state index contributed by atoms with van der Waals surface area (Å²) in [5.74, 6) is -0.571. The van der Waals surface area contributed by atoms with Crippen LogP contribution in [0.3, 0.4) is 0 Å². The molecule has 2 aromatic heterocycles. The number of halogens is 1. The van der Waals surface area contributed by atoms with Gasteiger partial charge < -0.3 is 4.74 Å². The molecule has 3 rings (SSSR count). The average molecular weight is 417 g/mol. The minimum Gasteiger partial charge on any atom is -0.456 e. The molecule has 9 heteroatoms. The Hall–Kier alpha value is -3.13. The van der Waals surface area contributed by atoms with Crippen molar-refractivity contribution in [2.75, 3.05) is 0 Å². The van der Waals surface area contributed by atoms with Crippen molar-refractivity contribution < 1.29 is 9.53 Å². The molecular formula is C20H21ClN4O4. The van der Waals surface area contributed by atoms with Gasteiger partial charge in [0.25, 0.3) is 5.56 Å². The molecule has 0 atom stereocenters. The van der Waals surface area contributed by atoms with Crippen molar-refractivity contribution in [1.29, 1.82) is 0 Å². The average Bonchev–Trinajstić information content (AvgIpc) is 2.96. The Morgan fingerprint density at radius 3 is 2.52 bits per heavy atom. The van der Waals surface area contributed by atoms with Crippen molar-refractivity contribution in [3.05, 3.63) is 84.4 Å². The maximum atomic E-state index is 12.7. The lowest BCUT2D eigenvalue weighted by Gasteiger charge is -2.10. The predicted octanol–water partition coefficient (Wildman–Crippen LogP) is 1.96. The van der Waals surface area contributed by atoms with E-state index < -0.39 is 17.2 Å². The smallest absolute Gasteiger partial charge is 0.342 e. The van der Waals surface area contributed by atoms with E-state index in [-0.39, 0.29) is 6.61 Å². The topological polar surface area (TPSA) is 88.1 Å². The molecule has 0 aliphatic rings. The molecule has 0 spiro atoms. The monoisotopic (exact) mass is 416 g/mol. The zero-order chi connectivity index (χ0) is 21.3. The van der Waals surface area contributed by atoms with Crippen LogP contribution in [0.4, 0.5) is 0 Å². The van der Waals surface area contributed by atoms with Crippen LogP contribution in [0.1, 0.15) is 33.0 Å². The summed E-state index contributed by atoms with van der Waals surface area (Å²) in [6.45, 7) is 3.72. The quantitative estimate of drug-likeness (QED) is 0.593. The van der Waals surface area contributed by atoms with E-state index in [1.54, 1.807) is 24.6 Å². The number of carbonyl (C=O) groups is 1. The molecule has 0 bridgehead atoms. The number of ether oxygens (including phenoxy) is 1. The number of esters is 1. The Labute approximate surface area is 171 Å². The molecule has 2 heterocycles. The van der Waals surface area contributed by atoms with Gasteiger partial charge in [0.15, 0.2) is 0 Å². The van der Waals surface area contributed by atoms with Gasteiger partial charge in [-0.15, -0.1) is 0 Å². The highest BCUT2D eigenvalue weighted by Gasteiger charge is 2.21. The number of nitrogens with zero attached hydrogens (tertiary/aromatic N) is 4. The zero-order valence-corrected chi connectivity index (χ0v) is 17.4. The van der Waals surface area contributed by atoms with Gasteiger partial charge in [0.1, 0.15) is 12.2 Å². The Morgan fingerprint density at radius 1 is 1.14 bits per heavy atom. The molecule has 0 fully saturated rings. The Bertz CT molecular complexity index is 1210. The standard InChI is InChI=1S/C20H21ClN4O4/c1-12-18(13(2)25(22-12)10-14-7-5-6-8-16(14)21)19(27)29-11-15-9-17(26)24(4)20(28)23(15)3/h5-9H,10-11H2,1-4H3. The first kappa shape index (κ1) is 20.6. The predicted molar refractivity (Wildman–Crippen MR) is 108 cm³/mol. The molecule has 0 N–H and O–H groups in total. The summed E-state index contributed by atoms with van der Waals surface area (Å²) in [7, 11) is 2.91. The third kappa shape index (κ3) is 4.02. The van der Waals surface area contributed by atoms with Crippen molar-refractivity contribution in [2.45, 2.75) is 27.0 Å². The van der Waals surface area contributed by atoms with Gasteiger partial charge in [0, 0.05) is 25.2 Å². The number of hydrogen-bond donors (Lipinski definition) is 0. The highest BCUT2D eigenvalue weighted by atomic mass is 35.5. The molecule has 0 saturated heterocycles. The number of aromatic nitrogens is 4. The minimum atomic E-state index is -0.571. The summed E-state index contributed by atoms with van der Waals surface area (Å²) in [5, 5.41) is 5.05. The lowest BCUT2D eigenvalue weighted by molar-refractivity contribution is 0.0461. The molecule has 0 aliphatic heterocycles. The first-order valence-corrected chi connectivity index (χ1v) is 9.29. The van der Waals surface area contributed by atoms with Crippen LogP contribution in [0.2, 0.25) is 5.02 Å². The zero-order valence-electron chi connectivity index (χ0n) is 16.6. The molecule has 0 aliphatic carbocycles. The van der Waals surface area contributed by atoms with E-state index in [1.807, 2.05) is 18.2 Å². The molecule has 29 heavy (non-hydrogen) atoms. The van der Waals surface area contributed by atoms with E-state index >= 15 is 0 Å². The van der Waals surface area contributed by atoms with Gasteiger partial charge in [-0.2, -0.15) is 5.10 Å². The van der Waals surface area contributed by atoms with Crippen molar-refractivity contribution in [3.63, 3.8) is 0 Å². The second kappa shape index (κ2) is 8.08. The van der Waals surface area contributed by atoms with E-state index in [0.29, 0.717) is 34.2 Å². The molecule has 0 saturated carbocycles. The number of rotatable bonds is 5. The summed E-state index contributed by atoms with van der Waals surface area (Å²) in [6, 6.07) is 8.70. The van der Waals surface area contributed by atoms with E-state index in [2.05, 4.69) is 5.10 Å². The first-order chi connectivity index (χ1) is 13.7. The molecular weight excluding hydrogens is 396 g/mol. The fraction of sp³-hybridized carbons (Fsp3) is 0.300. The minimum absolute atomic E-state index is 0.199. The SMILES string of the molecule is Cc1nn(Cc2ccccc2Cl)c(C)c1C(=O)OCc1cc(=O)n(C)c(=O)n1C. The molecule has 152 valence electrons. The van der Waals surface area contributed by atoms with Crippen LogP contribution < -0.4 is 11.2 Å². The fourth-order valence-electron chi connectivity index (χ4n) is 3.06. The largest absolute Gasteiger partial charge is 0.456 e. The van der Waals surface area contributed by atoms with Gasteiger partial charge in [-0.1, -0.05) is 29.8 Å². The molecule has 0 radical (unpaired) electrons. The lowest BCUT2D eigenvalue weighted by atomic mass is 10.2. The second-order valence-electron chi connectivity index (χ2n) is 6.75. The molecule has 0 amide bonds. The maximum absolute atomic E-state index is 12.7. The van der Waals surface area contributed by atoms with Crippen LogP contribution in [0.5, 0.6) is 0 Å². The van der Waals surface area contributed by atoms with E-state index in [4.69, 9.17) is 16.3 Å². The highest BCUT2D eigenvalue weighted by Crippen LogP contribution is 2.20. The van der Waals surface area contributed by atoms with Crippen LogP contribution in [-0.4, -0.2) is 24.9 Å². The third-order valence-electron chi connectivity index (χ3n) is 4.84. The molecule has 3 aromatic rings. The van der Waals surface area contributed by atoms with Crippen LogP contribution in [0.25, 0.3) is 0 Å². The number of aryl methyl sites for hydroxylation is 1. The normalized spacial score (nSPS) is 10.9. The first-order valence-electron chi connectivity index (χ1n) is 8.91. The van der Waals surface area contributed by atoms with Crippen LogP contribution in [-0.2, 0) is 32.0 Å². The maximum Gasteiger partial charge on any atom is 0.342 e.